The van der Waals surface area contributed by atoms with Gasteiger partial charge in [0.1, 0.15) is 0 Å². The molecule has 0 spiro atoms. The minimum atomic E-state index is -0.120. The van der Waals surface area contributed by atoms with E-state index in [1.54, 1.807) is 39.5 Å². The molecule has 0 saturated carbocycles. The molecule has 27 heavy (non-hydrogen) atoms. The summed E-state index contributed by atoms with van der Waals surface area (Å²) < 4.78 is 16.0. The highest BCUT2D eigenvalue weighted by atomic mass is 16.5. The highest BCUT2D eigenvalue weighted by molar-refractivity contribution is 5.92. The SMILES string of the molecule is COc1cc(C=CC(=O)NC2CCCc3ccccc32)cc(OC)c1OC. The van der Waals surface area contributed by atoms with Crippen LogP contribution in [0.1, 0.15) is 35.6 Å². The third-order valence-corrected chi connectivity index (χ3v) is 4.80. The first-order valence-electron chi connectivity index (χ1n) is 9.02. The van der Waals surface area contributed by atoms with Gasteiger partial charge in [0.05, 0.1) is 27.4 Å². The molecular formula is C22H25NO4. The highest BCUT2D eigenvalue weighted by Gasteiger charge is 2.20. The molecule has 1 N–H and O–H groups in total. The monoisotopic (exact) mass is 367 g/mol. The summed E-state index contributed by atoms with van der Waals surface area (Å²) in [5, 5.41) is 3.11. The van der Waals surface area contributed by atoms with Gasteiger partial charge >= 0.3 is 0 Å². The summed E-state index contributed by atoms with van der Waals surface area (Å²) in [4.78, 5) is 12.4. The van der Waals surface area contributed by atoms with Crippen LogP contribution in [0.3, 0.4) is 0 Å². The first kappa shape index (κ1) is 18.8. The summed E-state index contributed by atoms with van der Waals surface area (Å²) in [7, 11) is 4.70. The van der Waals surface area contributed by atoms with Crippen molar-refractivity contribution in [2.45, 2.75) is 25.3 Å². The lowest BCUT2D eigenvalue weighted by atomic mass is 9.88. The maximum Gasteiger partial charge on any atom is 0.244 e. The molecule has 0 aliphatic heterocycles. The molecule has 0 aromatic heterocycles. The van der Waals surface area contributed by atoms with Gasteiger partial charge < -0.3 is 19.5 Å². The fraction of sp³-hybridized carbons (Fsp3) is 0.318. The van der Waals surface area contributed by atoms with Crippen LogP contribution >= 0.6 is 0 Å². The van der Waals surface area contributed by atoms with Crippen LogP contribution in [0.25, 0.3) is 6.08 Å². The molecule has 1 aliphatic rings. The van der Waals surface area contributed by atoms with Crippen LogP contribution in [0, 0.1) is 0 Å². The smallest absolute Gasteiger partial charge is 0.244 e. The Labute approximate surface area is 159 Å². The van der Waals surface area contributed by atoms with E-state index >= 15 is 0 Å². The van der Waals surface area contributed by atoms with Crippen LogP contribution < -0.4 is 19.5 Å². The Morgan fingerprint density at radius 3 is 2.44 bits per heavy atom. The molecule has 2 aromatic carbocycles. The van der Waals surface area contributed by atoms with Crippen molar-refractivity contribution < 1.29 is 19.0 Å². The van der Waals surface area contributed by atoms with Gasteiger partial charge in [-0.15, -0.1) is 0 Å². The number of carbonyl (C=O) groups excluding carboxylic acids is 1. The van der Waals surface area contributed by atoms with Gasteiger partial charge in [0.15, 0.2) is 11.5 Å². The number of nitrogens with one attached hydrogen (secondary N) is 1. The van der Waals surface area contributed by atoms with Gasteiger partial charge in [-0.05, 0) is 54.2 Å². The van der Waals surface area contributed by atoms with Gasteiger partial charge in [0, 0.05) is 6.08 Å². The Morgan fingerprint density at radius 1 is 1.07 bits per heavy atom. The first-order valence-corrected chi connectivity index (χ1v) is 9.02. The number of ether oxygens (including phenoxy) is 3. The van der Waals surface area contributed by atoms with Crippen molar-refractivity contribution in [3.63, 3.8) is 0 Å². The predicted octanol–water partition coefficient (Wildman–Crippen LogP) is 3.92. The van der Waals surface area contributed by atoms with Crippen LogP contribution in [0.15, 0.2) is 42.5 Å². The van der Waals surface area contributed by atoms with Crippen LogP contribution in [-0.2, 0) is 11.2 Å². The number of carbonyl (C=O) groups is 1. The molecule has 0 heterocycles. The van der Waals surface area contributed by atoms with Crippen molar-refractivity contribution in [3.05, 3.63) is 59.2 Å². The Hall–Kier alpha value is -2.95. The first-order chi connectivity index (χ1) is 13.2. The van der Waals surface area contributed by atoms with Crippen LogP contribution in [0.5, 0.6) is 17.2 Å². The molecule has 3 rings (SSSR count). The molecule has 1 unspecified atom stereocenters. The van der Waals surface area contributed by atoms with Crippen molar-refractivity contribution in [2.75, 3.05) is 21.3 Å². The van der Waals surface area contributed by atoms with E-state index in [9.17, 15) is 4.79 Å². The lowest BCUT2D eigenvalue weighted by Gasteiger charge is -2.25. The second-order valence-corrected chi connectivity index (χ2v) is 6.44. The number of benzene rings is 2. The summed E-state index contributed by atoms with van der Waals surface area (Å²) in [5.41, 5.74) is 3.34. The molecule has 142 valence electrons. The minimum Gasteiger partial charge on any atom is -0.493 e. The quantitative estimate of drug-likeness (QED) is 0.786. The van der Waals surface area contributed by atoms with Gasteiger partial charge in [-0.25, -0.2) is 0 Å². The van der Waals surface area contributed by atoms with Crippen molar-refractivity contribution >= 4 is 12.0 Å². The van der Waals surface area contributed by atoms with E-state index in [1.807, 2.05) is 12.1 Å². The van der Waals surface area contributed by atoms with Crippen LogP contribution in [0.4, 0.5) is 0 Å². The third-order valence-electron chi connectivity index (χ3n) is 4.80. The second-order valence-electron chi connectivity index (χ2n) is 6.44. The van der Waals surface area contributed by atoms with Crippen molar-refractivity contribution in [3.8, 4) is 17.2 Å². The summed E-state index contributed by atoms with van der Waals surface area (Å²) >= 11 is 0. The largest absolute Gasteiger partial charge is 0.493 e. The number of hydrogen-bond donors (Lipinski definition) is 1. The predicted molar refractivity (Wildman–Crippen MR) is 105 cm³/mol. The van der Waals surface area contributed by atoms with E-state index in [2.05, 4.69) is 17.4 Å². The summed E-state index contributed by atoms with van der Waals surface area (Å²) in [6, 6.07) is 12.0. The molecule has 0 fully saturated rings. The summed E-state index contributed by atoms with van der Waals surface area (Å²) in [6.07, 6.45) is 6.40. The molecule has 1 amide bonds. The number of amides is 1. The molecule has 5 heteroatoms. The Kier molecular flexibility index (Phi) is 6.01. The van der Waals surface area contributed by atoms with E-state index in [1.165, 1.54) is 17.2 Å². The zero-order valence-corrected chi connectivity index (χ0v) is 16.0. The van der Waals surface area contributed by atoms with Gasteiger partial charge in [-0.2, -0.15) is 0 Å². The van der Waals surface area contributed by atoms with E-state index in [0.29, 0.717) is 17.2 Å². The Morgan fingerprint density at radius 2 is 1.78 bits per heavy atom. The highest BCUT2D eigenvalue weighted by Crippen LogP contribution is 2.38. The van der Waals surface area contributed by atoms with Crippen LogP contribution in [-0.4, -0.2) is 27.2 Å². The van der Waals surface area contributed by atoms with Crippen molar-refractivity contribution in [1.82, 2.24) is 5.32 Å². The van der Waals surface area contributed by atoms with Gasteiger partial charge in [-0.3, -0.25) is 4.79 Å². The average Bonchev–Trinajstić information content (AvgIpc) is 2.71. The number of hydrogen-bond acceptors (Lipinski definition) is 4. The summed E-state index contributed by atoms with van der Waals surface area (Å²) in [5.74, 6) is 1.52. The minimum absolute atomic E-state index is 0.0621. The van der Waals surface area contributed by atoms with Crippen molar-refractivity contribution in [2.24, 2.45) is 0 Å². The zero-order valence-electron chi connectivity index (χ0n) is 16.0. The summed E-state index contributed by atoms with van der Waals surface area (Å²) in [6.45, 7) is 0. The number of aryl methyl sites for hydroxylation is 1. The van der Waals surface area contributed by atoms with E-state index in [-0.39, 0.29) is 11.9 Å². The molecule has 0 saturated heterocycles. The maximum atomic E-state index is 12.4. The molecule has 0 bridgehead atoms. The van der Waals surface area contributed by atoms with E-state index in [0.717, 1.165) is 24.8 Å². The van der Waals surface area contributed by atoms with Gasteiger partial charge in [-0.1, -0.05) is 24.3 Å². The van der Waals surface area contributed by atoms with E-state index < -0.39 is 0 Å². The fourth-order valence-corrected chi connectivity index (χ4v) is 3.49. The van der Waals surface area contributed by atoms with E-state index in [4.69, 9.17) is 14.2 Å². The molecule has 1 aliphatic carbocycles. The zero-order chi connectivity index (χ0) is 19.2. The molecule has 0 radical (unpaired) electrons. The number of methoxy groups -OCH3 is 3. The molecule has 2 aromatic rings. The normalized spacial score (nSPS) is 15.9. The third kappa shape index (κ3) is 4.25. The molecule has 5 nitrogen and oxygen atoms in total. The number of fused-ring (bicyclic) bond motifs is 1. The average molecular weight is 367 g/mol. The fourth-order valence-electron chi connectivity index (χ4n) is 3.49. The molecular weight excluding hydrogens is 342 g/mol. The van der Waals surface area contributed by atoms with Crippen LogP contribution in [0.2, 0.25) is 0 Å². The Bertz CT molecular complexity index is 819. The standard InChI is InChI=1S/C22H25NO4/c1-25-19-13-15(14-20(26-2)22(19)27-3)11-12-21(24)23-18-10-6-8-16-7-4-5-9-17(16)18/h4-5,7,9,11-14,18H,6,8,10H2,1-3H3,(H,23,24). The Balaban J connectivity index is 1.74. The second kappa shape index (κ2) is 8.62. The van der Waals surface area contributed by atoms with Crippen molar-refractivity contribution in [1.29, 1.82) is 0 Å². The van der Waals surface area contributed by atoms with Gasteiger partial charge in [0.25, 0.3) is 0 Å². The lowest BCUT2D eigenvalue weighted by Crippen LogP contribution is -2.29. The number of rotatable bonds is 6. The topological polar surface area (TPSA) is 56.8 Å². The molecule has 1 atom stereocenters. The lowest BCUT2D eigenvalue weighted by molar-refractivity contribution is -0.117. The van der Waals surface area contributed by atoms with Gasteiger partial charge in [0.2, 0.25) is 11.7 Å². The maximum absolute atomic E-state index is 12.4.